The van der Waals surface area contributed by atoms with Crippen molar-refractivity contribution in [3.63, 3.8) is 0 Å². The maximum atomic E-state index is 6.11. The van der Waals surface area contributed by atoms with E-state index in [9.17, 15) is 0 Å². The zero-order valence-electron chi connectivity index (χ0n) is 11.6. The molecule has 3 heteroatoms. The first-order valence-electron chi connectivity index (χ1n) is 6.79. The fourth-order valence-electron chi connectivity index (χ4n) is 2.16. The summed E-state index contributed by atoms with van der Waals surface area (Å²) in [6.07, 6.45) is 3.55. The largest absolute Gasteiger partial charge is 0.489 e. The highest BCUT2D eigenvalue weighted by molar-refractivity contribution is 5.76. The number of rotatable bonds is 4. The number of benzene rings is 2. The molecule has 0 spiro atoms. The van der Waals surface area contributed by atoms with E-state index >= 15 is 0 Å². The number of nitrogens with zero attached hydrogens (tertiary/aromatic N) is 1. The molecule has 0 aliphatic rings. The molecule has 0 aliphatic carbocycles. The van der Waals surface area contributed by atoms with Crippen molar-refractivity contribution in [2.45, 2.75) is 6.61 Å². The van der Waals surface area contributed by atoms with Crippen LogP contribution in [0, 0.1) is 0 Å². The van der Waals surface area contributed by atoms with E-state index in [1.807, 2.05) is 60.7 Å². The topological polar surface area (TPSA) is 48.1 Å². The average molecular weight is 276 g/mol. The molecule has 1 aromatic heterocycles. The molecule has 1 heterocycles. The molecule has 0 amide bonds. The second-order valence-electron chi connectivity index (χ2n) is 4.77. The van der Waals surface area contributed by atoms with Gasteiger partial charge >= 0.3 is 0 Å². The second kappa shape index (κ2) is 6.09. The second-order valence-corrected chi connectivity index (χ2v) is 4.77. The standard InChI is InChI=1S/C18H16N2O/c19-18-11-16(21-13-14-5-2-1-3-6-14)8-9-17(18)15-7-4-10-20-12-15/h1-12H,13,19H2. The van der Waals surface area contributed by atoms with Crippen molar-refractivity contribution in [2.75, 3.05) is 5.73 Å². The predicted octanol–water partition coefficient (Wildman–Crippen LogP) is 3.91. The summed E-state index contributed by atoms with van der Waals surface area (Å²) in [5.41, 5.74) is 9.91. The van der Waals surface area contributed by atoms with Gasteiger partial charge in [0.1, 0.15) is 12.4 Å². The number of nitrogens with two attached hydrogens (primary N) is 1. The molecule has 0 saturated carbocycles. The summed E-state index contributed by atoms with van der Waals surface area (Å²) in [7, 11) is 0. The summed E-state index contributed by atoms with van der Waals surface area (Å²) in [5.74, 6) is 0.768. The summed E-state index contributed by atoms with van der Waals surface area (Å²) >= 11 is 0. The molecule has 3 aromatic rings. The molecule has 21 heavy (non-hydrogen) atoms. The molecule has 104 valence electrons. The third kappa shape index (κ3) is 3.20. The molecule has 2 aromatic carbocycles. The first kappa shape index (κ1) is 13.2. The van der Waals surface area contributed by atoms with Crippen LogP contribution in [0.15, 0.2) is 73.1 Å². The summed E-state index contributed by atoms with van der Waals surface area (Å²) in [6, 6.07) is 19.7. The van der Waals surface area contributed by atoms with Gasteiger partial charge in [0, 0.05) is 35.3 Å². The molecular formula is C18H16N2O. The van der Waals surface area contributed by atoms with Gasteiger partial charge in [-0.3, -0.25) is 4.98 Å². The van der Waals surface area contributed by atoms with Crippen LogP contribution >= 0.6 is 0 Å². The molecule has 0 radical (unpaired) electrons. The SMILES string of the molecule is Nc1cc(OCc2ccccc2)ccc1-c1cccnc1. The van der Waals surface area contributed by atoms with Gasteiger partial charge in [-0.25, -0.2) is 0 Å². The van der Waals surface area contributed by atoms with Crippen LogP contribution in [0.5, 0.6) is 5.75 Å². The Bertz CT molecular complexity index is 712. The highest BCUT2D eigenvalue weighted by Crippen LogP contribution is 2.29. The average Bonchev–Trinajstić information content (AvgIpc) is 2.55. The van der Waals surface area contributed by atoms with E-state index in [1.54, 1.807) is 12.4 Å². The van der Waals surface area contributed by atoms with Gasteiger partial charge in [0.25, 0.3) is 0 Å². The lowest BCUT2D eigenvalue weighted by Gasteiger charge is -2.10. The summed E-state index contributed by atoms with van der Waals surface area (Å²) < 4.78 is 5.77. The number of nitrogen functional groups attached to an aromatic ring is 1. The minimum atomic E-state index is 0.534. The smallest absolute Gasteiger partial charge is 0.121 e. The number of ether oxygens (including phenoxy) is 1. The Morgan fingerprint density at radius 3 is 2.52 bits per heavy atom. The Morgan fingerprint density at radius 1 is 0.952 bits per heavy atom. The Labute approximate surface area is 124 Å². The first-order valence-corrected chi connectivity index (χ1v) is 6.79. The van der Waals surface area contributed by atoms with Gasteiger partial charge in [-0.05, 0) is 23.8 Å². The number of hydrogen-bond donors (Lipinski definition) is 1. The lowest BCUT2D eigenvalue weighted by Crippen LogP contribution is -1.97. The van der Waals surface area contributed by atoms with Crippen LogP contribution in [-0.4, -0.2) is 4.98 Å². The van der Waals surface area contributed by atoms with Crippen LogP contribution in [0.2, 0.25) is 0 Å². The van der Waals surface area contributed by atoms with E-state index in [0.717, 1.165) is 22.4 Å². The minimum Gasteiger partial charge on any atom is -0.489 e. The number of aromatic nitrogens is 1. The zero-order chi connectivity index (χ0) is 14.5. The van der Waals surface area contributed by atoms with Gasteiger partial charge in [-0.2, -0.15) is 0 Å². The van der Waals surface area contributed by atoms with Crippen molar-refractivity contribution >= 4 is 5.69 Å². The van der Waals surface area contributed by atoms with E-state index in [0.29, 0.717) is 12.3 Å². The van der Waals surface area contributed by atoms with Crippen LogP contribution in [0.4, 0.5) is 5.69 Å². The third-order valence-corrected chi connectivity index (χ3v) is 3.24. The highest BCUT2D eigenvalue weighted by atomic mass is 16.5. The quantitative estimate of drug-likeness (QED) is 0.735. The maximum Gasteiger partial charge on any atom is 0.121 e. The minimum absolute atomic E-state index is 0.534. The molecule has 3 nitrogen and oxygen atoms in total. The molecule has 0 bridgehead atoms. The molecule has 3 rings (SSSR count). The third-order valence-electron chi connectivity index (χ3n) is 3.24. The van der Waals surface area contributed by atoms with Crippen LogP contribution in [0.25, 0.3) is 11.1 Å². The molecule has 2 N–H and O–H groups in total. The predicted molar refractivity (Wildman–Crippen MR) is 84.9 cm³/mol. The van der Waals surface area contributed by atoms with Gasteiger partial charge in [-0.1, -0.05) is 36.4 Å². The molecule has 0 unspecified atom stereocenters. The Hall–Kier alpha value is -2.81. The fourth-order valence-corrected chi connectivity index (χ4v) is 2.16. The highest BCUT2D eigenvalue weighted by Gasteiger charge is 2.04. The number of hydrogen-bond acceptors (Lipinski definition) is 3. The van der Waals surface area contributed by atoms with Gasteiger partial charge in [0.2, 0.25) is 0 Å². The van der Waals surface area contributed by atoms with Crippen molar-refractivity contribution in [2.24, 2.45) is 0 Å². The fraction of sp³-hybridized carbons (Fsp3) is 0.0556. The van der Waals surface area contributed by atoms with Gasteiger partial charge < -0.3 is 10.5 Å². The molecule has 0 fully saturated rings. The molecule has 0 atom stereocenters. The van der Waals surface area contributed by atoms with Crippen molar-refractivity contribution in [1.29, 1.82) is 0 Å². The summed E-state index contributed by atoms with van der Waals surface area (Å²) in [4.78, 5) is 4.11. The Kier molecular flexibility index (Phi) is 3.83. The lowest BCUT2D eigenvalue weighted by molar-refractivity contribution is 0.306. The van der Waals surface area contributed by atoms with E-state index in [4.69, 9.17) is 10.5 Å². The van der Waals surface area contributed by atoms with Crippen molar-refractivity contribution < 1.29 is 4.74 Å². The first-order chi connectivity index (χ1) is 10.3. The van der Waals surface area contributed by atoms with Crippen LogP contribution in [-0.2, 0) is 6.61 Å². The van der Waals surface area contributed by atoms with Crippen molar-refractivity contribution in [1.82, 2.24) is 4.98 Å². The Balaban J connectivity index is 1.76. The van der Waals surface area contributed by atoms with E-state index in [-0.39, 0.29) is 0 Å². The summed E-state index contributed by atoms with van der Waals surface area (Å²) in [6.45, 7) is 0.534. The zero-order valence-corrected chi connectivity index (χ0v) is 11.6. The molecule has 0 aliphatic heterocycles. The van der Waals surface area contributed by atoms with Crippen molar-refractivity contribution in [3.8, 4) is 16.9 Å². The maximum absolute atomic E-state index is 6.11. The van der Waals surface area contributed by atoms with E-state index in [1.165, 1.54) is 0 Å². The Morgan fingerprint density at radius 2 is 1.81 bits per heavy atom. The van der Waals surface area contributed by atoms with Gasteiger partial charge in [0.05, 0.1) is 0 Å². The van der Waals surface area contributed by atoms with Crippen LogP contribution in [0.3, 0.4) is 0 Å². The lowest BCUT2D eigenvalue weighted by atomic mass is 10.1. The van der Waals surface area contributed by atoms with Gasteiger partial charge in [-0.15, -0.1) is 0 Å². The van der Waals surface area contributed by atoms with E-state index < -0.39 is 0 Å². The normalized spacial score (nSPS) is 10.3. The molecular weight excluding hydrogens is 260 g/mol. The van der Waals surface area contributed by atoms with E-state index in [2.05, 4.69) is 4.98 Å². The number of pyridine rings is 1. The number of anilines is 1. The van der Waals surface area contributed by atoms with Crippen LogP contribution in [0.1, 0.15) is 5.56 Å². The van der Waals surface area contributed by atoms with Crippen LogP contribution < -0.4 is 10.5 Å². The van der Waals surface area contributed by atoms with Crippen molar-refractivity contribution in [3.05, 3.63) is 78.6 Å². The monoisotopic (exact) mass is 276 g/mol. The summed E-state index contributed by atoms with van der Waals surface area (Å²) in [5, 5.41) is 0. The van der Waals surface area contributed by atoms with Gasteiger partial charge in [0.15, 0.2) is 0 Å². The molecule has 0 saturated heterocycles.